The van der Waals surface area contributed by atoms with Crippen molar-refractivity contribution in [3.8, 4) is 5.75 Å². The molecule has 16 heavy (non-hydrogen) atoms. The quantitative estimate of drug-likeness (QED) is 0.540. The molecule has 0 aliphatic rings. The third-order valence-electron chi connectivity index (χ3n) is 2.49. The molecule has 0 aromatic heterocycles. The summed E-state index contributed by atoms with van der Waals surface area (Å²) in [6, 6.07) is 5.48. The van der Waals surface area contributed by atoms with E-state index >= 15 is 0 Å². The van der Waals surface area contributed by atoms with Crippen molar-refractivity contribution in [2.45, 2.75) is 32.8 Å². The lowest BCUT2D eigenvalue weighted by Gasteiger charge is -2.15. The van der Waals surface area contributed by atoms with Gasteiger partial charge in [-0.15, -0.1) is 6.58 Å². The fourth-order valence-electron chi connectivity index (χ4n) is 1.40. The first-order chi connectivity index (χ1) is 7.71. The molecule has 1 unspecified atom stereocenters. The molecule has 86 valence electrons. The summed E-state index contributed by atoms with van der Waals surface area (Å²) in [6.45, 7) is 7.82. The molecule has 0 spiro atoms. The topological polar surface area (TPSA) is 26.3 Å². The van der Waals surface area contributed by atoms with E-state index in [1.807, 2.05) is 25.1 Å². The van der Waals surface area contributed by atoms with E-state index in [-0.39, 0.29) is 6.10 Å². The van der Waals surface area contributed by atoms with Crippen LogP contribution in [0.5, 0.6) is 5.75 Å². The summed E-state index contributed by atoms with van der Waals surface area (Å²) in [6.07, 6.45) is 4.52. The average Bonchev–Trinajstić information content (AvgIpc) is 2.31. The lowest BCUT2D eigenvalue weighted by molar-refractivity contribution is 0.112. The highest BCUT2D eigenvalue weighted by molar-refractivity contribution is 5.75. The lowest BCUT2D eigenvalue weighted by atomic mass is 10.1. The Morgan fingerprint density at radius 3 is 2.81 bits per heavy atom. The maximum Gasteiger partial charge on any atom is 0.150 e. The Morgan fingerprint density at radius 1 is 1.50 bits per heavy atom. The molecule has 0 radical (unpaired) electrons. The van der Waals surface area contributed by atoms with E-state index in [1.54, 1.807) is 6.07 Å². The fraction of sp³-hybridized carbons (Fsp3) is 0.357. The molecule has 2 heteroatoms. The number of benzene rings is 1. The standard InChI is InChI=1S/C14H18O2/c1-4-6-13-9-12(10-15)7-8-14(13)16-11(3)5-2/h4,7-11H,1,5-6H2,2-3H3. The Balaban J connectivity index is 2.97. The zero-order valence-corrected chi connectivity index (χ0v) is 9.90. The fourth-order valence-corrected chi connectivity index (χ4v) is 1.40. The second kappa shape index (κ2) is 6.11. The summed E-state index contributed by atoms with van der Waals surface area (Å²) in [5, 5.41) is 0. The minimum atomic E-state index is 0.186. The third kappa shape index (κ3) is 3.23. The highest BCUT2D eigenvalue weighted by atomic mass is 16.5. The van der Waals surface area contributed by atoms with E-state index in [0.717, 1.165) is 24.0 Å². The van der Waals surface area contributed by atoms with Gasteiger partial charge in [0.1, 0.15) is 12.0 Å². The van der Waals surface area contributed by atoms with E-state index in [4.69, 9.17) is 4.74 Å². The molecule has 0 heterocycles. The van der Waals surface area contributed by atoms with Crippen molar-refractivity contribution in [2.24, 2.45) is 0 Å². The minimum absolute atomic E-state index is 0.186. The number of ether oxygens (including phenoxy) is 1. The molecule has 0 amide bonds. The molecule has 0 bridgehead atoms. The van der Waals surface area contributed by atoms with E-state index in [2.05, 4.69) is 13.5 Å². The van der Waals surface area contributed by atoms with Crippen LogP contribution in [0.15, 0.2) is 30.9 Å². The van der Waals surface area contributed by atoms with E-state index in [0.29, 0.717) is 12.0 Å². The van der Waals surface area contributed by atoms with Gasteiger partial charge in [0, 0.05) is 5.56 Å². The maximum absolute atomic E-state index is 10.7. The highest BCUT2D eigenvalue weighted by Crippen LogP contribution is 2.22. The van der Waals surface area contributed by atoms with Crippen molar-refractivity contribution in [1.82, 2.24) is 0 Å². The maximum atomic E-state index is 10.7. The molecule has 1 atom stereocenters. The number of hydrogen-bond acceptors (Lipinski definition) is 2. The monoisotopic (exact) mass is 218 g/mol. The number of carbonyl (C=O) groups excluding carboxylic acids is 1. The Morgan fingerprint density at radius 2 is 2.25 bits per heavy atom. The number of carbonyl (C=O) groups is 1. The van der Waals surface area contributed by atoms with Crippen LogP contribution in [0.3, 0.4) is 0 Å². The van der Waals surface area contributed by atoms with Crippen molar-refractivity contribution in [2.75, 3.05) is 0 Å². The number of hydrogen-bond donors (Lipinski definition) is 0. The molecular formula is C14H18O2. The smallest absolute Gasteiger partial charge is 0.150 e. The summed E-state index contributed by atoms with van der Waals surface area (Å²) in [7, 11) is 0. The van der Waals surface area contributed by atoms with E-state index < -0.39 is 0 Å². The van der Waals surface area contributed by atoms with Crippen molar-refractivity contribution in [1.29, 1.82) is 0 Å². The molecule has 0 saturated heterocycles. The molecule has 0 fully saturated rings. The largest absolute Gasteiger partial charge is 0.490 e. The normalized spacial score (nSPS) is 11.9. The van der Waals surface area contributed by atoms with Gasteiger partial charge in [0.2, 0.25) is 0 Å². The van der Waals surface area contributed by atoms with Crippen LogP contribution in [-0.2, 0) is 6.42 Å². The molecule has 0 saturated carbocycles. The van der Waals surface area contributed by atoms with E-state index in [1.165, 1.54) is 0 Å². The molecule has 0 aliphatic carbocycles. The van der Waals surface area contributed by atoms with Crippen LogP contribution in [-0.4, -0.2) is 12.4 Å². The predicted octanol–water partition coefficient (Wildman–Crippen LogP) is 3.40. The number of rotatable bonds is 6. The van der Waals surface area contributed by atoms with Gasteiger partial charge in [-0.25, -0.2) is 0 Å². The number of aldehydes is 1. The Kier molecular flexibility index (Phi) is 4.77. The van der Waals surface area contributed by atoms with Crippen LogP contribution in [0, 0.1) is 0 Å². The Labute approximate surface area is 96.9 Å². The van der Waals surface area contributed by atoms with E-state index in [9.17, 15) is 4.79 Å². The third-order valence-corrected chi connectivity index (χ3v) is 2.49. The summed E-state index contributed by atoms with van der Waals surface area (Å²) in [5.74, 6) is 0.847. The Bertz CT molecular complexity index is 369. The molecular weight excluding hydrogens is 200 g/mol. The summed E-state index contributed by atoms with van der Waals surface area (Å²) >= 11 is 0. The SMILES string of the molecule is C=CCc1cc(C=O)ccc1OC(C)CC. The van der Waals surface area contributed by atoms with Crippen LogP contribution in [0.4, 0.5) is 0 Å². The van der Waals surface area contributed by atoms with Gasteiger partial charge < -0.3 is 4.74 Å². The summed E-state index contributed by atoms with van der Waals surface area (Å²) in [5.41, 5.74) is 1.69. The highest BCUT2D eigenvalue weighted by Gasteiger charge is 2.07. The summed E-state index contributed by atoms with van der Waals surface area (Å²) < 4.78 is 5.78. The van der Waals surface area contributed by atoms with Crippen LogP contribution in [0.25, 0.3) is 0 Å². The number of allylic oxidation sites excluding steroid dienone is 1. The first-order valence-corrected chi connectivity index (χ1v) is 5.56. The molecule has 1 aromatic carbocycles. The van der Waals surface area contributed by atoms with Gasteiger partial charge >= 0.3 is 0 Å². The van der Waals surface area contributed by atoms with Gasteiger partial charge in [0.05, 0.1) is 6.10 Å². The molecule has 1 rings (SSSR count). The van der Waals surface area contributed by atoms with Crippen molar-refractivity contribution in [3.05, 3.63) is 42.0 Å². The zero-order chi connectivity index (χ0) is 12.0. The molecule has 0 aliphatic heterocycles. The van der Waals surface area contributed by atoms with Crippen LogP contribution >= 0.6 is 0 Å². The van der Waals surface area contributed by atoms with Crippen LogP contribution < -0.4 is 4.74 Å². The lowest BCUT2D eigenvalue weighted by Crippen LogP contribution is -2.11. The Hall–Kier alpha value is -1.57. The molecule has 2 nitrogen and oxygen atoms in total. The van der Waals surface area contributed by atoms with Gasteiger partial charge in [0.15, 0.2) is 0 Å². The van der Waals surface area contributed by atoms with Gasteiger partial charge in [-0.05, 0) is 43.5 Å². The predicted molar refractivity (Wildman–Crippen MR) is 66.1 cm³/mol. The second-order valence-electron chi connectivity index (χ2n) is 3.81. The van der Waals surface area contributed by atoms with Crippen LogP contribution in [0.1, 0.15) is 36.2 Å². The molecule has 1 aromatic rings. The summed E-state index contributed by atoms with van der Waals surface area (Å²) in [4.78, 5) is 10.7. The first-order valence-electron chi connectivity index (χ1n) is 5.56. The minimum Gasteiger partial charge on any atom is -0.490 e. The van der Waals surface area contributed by atoms with Crippen molar-refractivity contribution in [3.63, 3.8) is 0 Å². The first kappa shape index (κ1) is 12.5. The molecule has 0 N–H and O–H groups in total. The van der Waals surface area contributed by atoms with Crippen molar-refractivity contribution >= 4 is 6.29 Å². The van der Waals surface area contributed by atoms with Gasteiger partial charge in [-0.3, -0.25) is 4.79 Å². The van der Waals surface area contributed by atoms with Crippen LogP contribution in [0.2, 0.25) is 0 Å². The zero-order valence-electron chi connectivity index (χ0n) is 9.90. The van der Waals surface area contributed by atoms with Crippen molar-refractivity contribution < 1.29 is 9.53 Å². The van der Waals surface area contributed by atoms with Gasteiger partial charge in [-0.2, -0.15) is 0 Å². The van der Waals surface area contributed by atoms with Gasteiger partial charge in [0.25, 0.3) is 0 Å². The van der Waals surface area contributed by atoms with Gasteiger partial charge in [-0.1, -0.05) is 13.0 Å². The second-order valence-corrected chi connectivity index (χ2v) is 3.81. The average molecular weight is 218 g/mol.